The van der Waals surface area contributed by atoms with Crippen molar-refractivity contribution in [3.63, 3.8) is 0 Å². The largest absolute Gasteiger partial charge is 0.433 e. The van der Waals surface area contributed by atoms with E-state index in [9.17, 15) is 18.4 Å². The molecule has 0 aliphatic carbocycles. The molecule has 2 rings (SSSR count). The number of benzene rings is 1. The Balaban J connectivity index is 1.94. The number of halogens is 2. The van der Waals surface area contributed by atoms with E-state index < -0.39 is 18.4 Å². The average molecular weight is 340 g/mol. The Morgan fingerprint density at radius 1 is 1.17 bits per heavy atom. The highest BCUT2D eigenvalue weighted by molar-refractivity contribution is 7.11. The molecular formula is C15H14F2N2O3S. The second-order valence-corrected chi connectivity index (χ2v) is 5.90. The van der Waals surface area contributed by atoms with Crippen LogP contribution in [0, 0.1) is 6.92 Å². The van der Waals surface area contributed by atoms with Gasteiger partial charge in [0.1, 0.15) is 5.75 Å². The molecule has 8 heteroatoms. The summed E-state index contributed by atoms with van der Waals surface area (Å²) in [5.41, 5.74) is -0.0000759. The van der Waals surface area contributed by atoms with Gasteiger partial charge in [-0.2, -0.15) is 8.78 Å². The van der Waals surface area contributed by atoms with Crippen LogP contribution in [0.3, 0.4) is 0 Å². The maximum atomic E-state index is 12.3. The lowest BCUT2D eigenvalue weighted by Gasteiger charge is -2.11. The molecule has 0 spiro atoms. The molecule has 1 aromatic carbocycles. The molecule has 0 aliphatic heterocycles. The van der Waals surface area contributed by atoms with Crippen LogP contribution < -0.4 is 15.4 Å². The number of thiophene rings is 1. The van der Waals surface area contributed by atoms with E-state index >= 15 is 0 Å². The lowest BCUT2D eigenvalue weighted by atomic mass is 10.3. The van der Waals surface area contributed by atoms with Gasteiger partial charge in [0.15, 0.2) is 0 Å². The Morgan fingerprint density at radius 3 is 2.57 bits per heavy atom. The van der Waals surface area contributed by atoms with E-state index in [-0.39, 0.29) is 18.0 Å². The summed E-state index contributed by atoms with van der Waals surface area (Å²) < 4.78 is 28.9. The van der Waals surface area contributed by atoms with Crippen molar-refractivity contribution >= 4 is 28.8 Å². The number of para-hydroxylation sites is 2. The minimum absolute atomic E-state index is 0.0000759. The number of carbonyl (C=O) groups excluding carboxylic acids is 2. The third-order valence-corrected chi connectivity index (χ3v) is 3.78. The maximum absolute atomic E-state index is 12.3. The number of carbonyl (C=O) groups is 2. The van der Waals surface area contributed by atoms with Crippen molar-refractivity contribution in [2.24, 2.45) is 0 Å². The van der Waals surface area contributed by atoms with Crippen molar-refractivity contribution in [1.29, 1.82) is 0 Å². The van der Waals surface area contributed by atoms with Crippen LogP contribution in [-0.4, -0.2) is 18.4 Å². The summed E-state index contributed by atoms with van der Waals surface area (Å²) in [6.07, 6.45) is 0. The van der Waals surface area contributed by atoms with Gasteiger partial charge in [-0.1, -0.05) is 12.1 Å². The molecule has 0 unspecified atom stereocenters. The molecule has 2 aromatic rings. The van der Waals surface area contributed by atoms with Gasteiger partial charge in [0.2, 0.25) is 0 Å². The van der Waals surface area contributed by atoms with E-state index in [0.717, 1.165) is 9.75 Å². The molecular weight excluding hydrogens is 326 g/mol. The van der Waals surface area contributed by atoms with Gasteiger partial charge in [-0.05, 0) is 31.2 Å². The molecule has 5 nitrogen and oxygen atoms in total. The highest BCUT2D eigenvalue weighted by Gasteiger charge is 2.17. The number of alkyl halides is 2. The molecule has 0 bridgehead atoms. The second-order valence-electron chi connectivity index (χ2n) is 4.52. The fourth-order valence-electron chi connectivity index (χ4n) is 1.78. The highest BCUT2D eigenvalue weighted by atomic mass is 32.1. The number of nitrogens with one attached hydrogen (secondary N) is 2. The SMILES string of the molecule is Cc1ccc(CNC(=O)C(=O)Nc2ccccc2OC(F)F)s1. The lowest BCUT2D eigenvalue weighted by molar-refractivity contribution is -0.136. The van der Waals surface area contributed by atoms with Gasteiger partial charge in [-0.25, -0.2) is 0 Å². The smallest absolute Gasteiger partial charge is 0.387 e. The zero-order valence-corrected chi connectivity index (χ0v) is 13.0. The summed E-state index contributed by atoms with van der Waals surface area (Å²) in [5.74, 6) is -2.02. The normalized spacial score (nSPS) is 10.4. The molecule has 1 heterocycles. The van der Waals surface area contributed by atoms with Crippen molar-refractivity contribution in [2.45, 2.75) is 20.1 Å². The summed E-state index contributed by atoms with van der Waals surface area (Å²) >= 11 is 1.50. The quantitative estimate of drug-likeness (QED) is 0.823. The minimum atomic E-state index is -3.02. The van der Waals surface area contributed by atoms with E-state index in [1.165, 1.54) is 35.6 Å². The highest BCUT2D eigenvalue weighted by Crippen LogP contribution is 2.25. The number of aryl methyl sites for hydroxylation is 1. The molecule has 0 atom stereocenters. The minimum Gasteiger partial charge on any atom is -0.433 e. The first kappa shape index (κ1) is 16.9. The molecule has 2 N–H and O–H groups in total. The van der Waals surface area contributed by atoms with E-state index in [4.69, 9.17) is 0 Å². The van der Waals surface area contributed by atoms with E-state index in [1.807, 2.05) is 19.1 Å². The van der Waals surface area contributed by atoms with Gasteiger partial charge < -0.3 is 15.4 Å². The van der Waals surface area contributed by atoms with Crippen LogP contribution in [0.4, 0.5) is 14.5 Å². The van der Waals surface area contributed by atoms with Crippen molar-refractivity contribution < 1.29 is 23.1 Å². The average Bonchev–Trinajstić information content (AvgIpc) is 2.92. The predicted octanol–water partition coefficient (Wildman–Crippen LogP) is 2.91. The molecule has 1 aromatic heterocycles. The maximum Gasteiger partial charge on any atom is 0.387 e. The van der Waals surface area contributed by atoms with Crippen LogP contribution in [0.15, 0.2) is 36.4 Å². The van der Waals surface area contributed by atoms with Crippen molar-refractivity contribution in [1.82, 2.24) is 5.32 Å². The van der Waals surface area contributed by atoms with E-state index in [2.05, 4.69) is 15.4 Å². The molecule has 0 aliphatic rings. The molecule has 0 saturated carbocycles. The van der Waals surface area contributed by atoms with Crippen LogP contribution >= 0.6 is 11.3 Å². The fourth-order valence-corrected chi connectivity index (χ4v) is 2.61. The van der Waals surface area contributed by atoms with Crippen LogP contribution in [0.1, 0.15) is 9.75 Å². The van der Waals surface area contributed by atoms with Gasteiger partial charge >= 0.3 is 18.4 Å². The molecule has 23 heavy (non-hydrogen) atoms. The molecule has 0 saturated heterocycles. The van der Waals surface area contributed by atoms with Crippen molar-refractivity contribution in [3.8, 4) is 5.75 Å². The third-order valence-electron chi connectivity index (χ3n) is 2.78. The van der Waals surface area contributed by atoms with E-state index in [0.29, 0.717) is 0 Å². The molecule has 0 fully saturated rings. The first-order valence-electron chi connectivity index (χ1n) is 6.64. The van der Waals surface area contributed by atoms with Gasteiger partial charge in [-0.15, -0.1) is 11.3 Å². The first-order valence-corrected chi connectivity index (χ1v) is 7.45. The Labute approximate surface area is 135 Å². The number of ether oxygens (including phenoxy) is 1. The van der Waals surface area contributed by atoms with Crippen LogP contribution in [0.5, 0.6) is 5.75 Å². The second kappa shape index (κ2) is 7.68. The molecule has 0 radical (unpaired) electrons. The summed E-state index contributed by atoms with van der Waals surface area (Å²) in [4.78, 5) is 25.6. The first-order chi connectivity index (χ1) is 11.0. The van der Waals surface area contributed by atoms with Crippen LogP contribution in [0.2, 0.25) is 0 Å². The number of amides is 2. The Kier molecular flexibility index (Phi) is 5.64. The topological polar surface area (TPSA) is 67.4 Å². The Hall–Kier alpha value is -2.48. The predicted molar refractivity (Wildman–Crippen MR) is 82.6 cm³/mol. The number of anilines is 1. The Bertz CT molecular complexity index is 704. The fraction of sp³-hybridized carbons (Fsp3) is 0.200. The zero-order valence-electron chi connectivity index (χ0n) is 12.1. The van der Waals surface area contributed by atoms with Crippen LogP contribution in [-0.2, 0) is 16.1 Å². The van der Waals surface area contributed by atoms with Crippen molar-refractivity contribution in [3.05, 3.63) is 46.2 Å². The standard InChI is InChI=1S/C15H14F2N2O3S/c1-9-6-7-10(23-9)8-18-13(20)14(21)19-11-4-2-3-5-12(11)22-15(16)17/h2-7,15H,8H2,1H3,(H,18,20)(H,19,21). The lowest BCUT2D eigenvalue weighted by Crippen LogP contribution is -2.34. The zero-order chi connectivity index (χ0) is 16.8. The summed E-state index contributed by atoms with van der Waals surface area (Å²) in [5, 5.41) is 4.71. The summed E-state index contributed by atoms with van der Waals surface area (Å²) in [6, 6.07) is 9.40. The summed E-state index contributed by atoms with van der Waals surface area (Å²) in [6.45, 7) is -0.869. The third kappa shape index (κ3) is 5.03. The number of rotatable bonds is 5. The molecule has 122 valence electrons. The number of hydrogen-bond acceptors (Lipinski definition) is 4. The van der Waals surface area contributed by atoms with Crippen LogP contribution in [0.25, 0.3) is 0 Å². The van der Waals surface area contributed by atoms with Gasteiger partial charge in [-0.3, -0.25) is 9.59 Å². The van der Waals surface area contributed by atoms with Gasteiger partial charge in [0.25, 0.3) is 0 Å². The van der Waals surface area contributed by atoms with Gasteiger partial charge in [0.05, 0.1) is 12.2 Å². The number of hydrogen-bond donors (Lipinski definition) is 2. The summed E-state index contributed by atoms with van der Waals surface area (Å²) in [7, 11) is 0. The monoisotopic (exact) mass is 340 g/mol. The van der Waals surface area contributed by atoms with Crippen molar-refractivity contribution in [2.75, 3.05) is 5.32 Å². The van der Waals surface area contributed by atoms with E-state index in [1.54, 1.807) is 0 Å². The van der Waals surface area contributed by atoms with Gasteiger partial charge in [0, 0.05) is 9.75 Å². The Morgan fingerprint density at radius 2 is 1.91 bits per heavy atom. The molecule has 2 amide bonds.